The largest absolute Gasteiger partial charge is 0.465 e. The van der Waals surface area contributed by atoms with Gasteiger partial charge in [-0.1, -0.05) is 36.4 Å². The number of anilines is 1. The Kier molecular flexibility index (Phi) is 6.29. The molecule has 0 saturated heterocycles. The average Bonchev–Trinajstić information content (AvgIpc) is 3.08. The molecule has 3 rings (SSSR count). The molecule has 0 spiro atoms. The van der Waals surface area contributed by atoms with Crippen LogP contribution in [0.3, 0.4) is 0 Å². The van der Waals surface area contributed by atoms with Crippen LogP contribution in [0.2, 0.25) is 0 Å². The first-order valence-electron chi connectivity index (χ1n) is 9.17. The van der Waals surface area contributed by atoms with Gasteiger partial charge in [0.25, 0.3) is 5.91 Å². The molecule has 29 heavy (non-hydrogen) atoms. The molecular formula is C22H21NO6. The normalized spacial score (nSPS) is 10.6. The molecule has 2 aromatic carbocycles. The van der Waals surface area contributed by atoms with Crippen LogP contribution in [-0.2, 0) is 19.1 Å². The second-order valence-electron chi connectivity index (χ2n) is 6.25. The van der Waals surface area contributed by atoms with Gasteiger partial charge >= 0.3 is 11.9 Å². The highest BCUT2D eigenvalue weighted by atomic mass is 16.6. The zero-order valence-electron chi connectivity index (χ0n) is 16.2. The van der Waals surface area contributed by atoms with Crippen molar-refractivity contribution in [3.8, 4) is 0 Å². The Balaban J connectivity index is 1.72. The second-order valence-corrected chi connectivity index (χ2v) is 6.25. The average molecular weight is 395 g/mol. The molecular weight excluding hydrogens is 374 g/mol. The van der Waals surface area contributed by atoms with Crippen LogP contribution in [0.4, 0.5) is 5.69 Å². The van der Waals surface area contributed by atoms with E-state index in [9.17, 15) is 14.4 Å². The number of furan rings is 1. The first-order valence-corrected chi connectivity index (χ1v) is 9.17. The number of rotatable bonds is 7. The Morgan fingerprint density at radius 3 is 2.34 bits per heavy atom. The second kappa shape index (κ2) is 9.05. The van der Waals surface area contributed by atoms with Gasteiger partial charge in [-0.15, -0.1) is 0 Å². The first-order chi connectivity index (χ1) is 14.0. The van der Waals surface area contributed by atoms with E-state index in [4.69, 9.17) is 13.9 Å². The molecule has 0 aliphatic heterocycles. The van der Waals surface area contributed by atoms with Crippen LogP contribution in [0, 0.1) is 6.92 Å². The van der Waals surface area contributed by atoms with E-state index in [1.165, 1.54) is 4.90 Å². The third-order valence-corrected chi connectivity index (χ3v) is 4.32. The zero-order chi connectivity index (χ0) is 20.8. The van der Waals surface area contributed by atoms with Gasteiger partial charge in [0.2, 0.25) is 5.76 Å². The fourth-order valence-corrected chi connectivity index (χ4v) is 2.91. The van der Waals surface area contributed by atoms with Gasteiger partial charge in [0.1, 0.15) is 12.1 Å². The summed E-state index contributed by atoms with van der Waals surface area (Å²) in [5.41, 5.74) is 1.71. The minimum Gasteiger partial charge on any atom is -0.465 e. The predicted octanol–water partition coefficient (Wildman–Crippen LogP) is 3.49. The van der Waals surface area contributed by atoms with Crippen molar-refractivity contribution in [2.24, 2.45) is 0 Å². The molecule has 1 aromatic heterocycles. The number of carbonyl (C=O) groups excluding carboxylic acids is 3. The summed E-state index contributed by atoms with van der Waals surface area (Å²) < 4.78 is 15.7. The lowest BCUT2D eigenvalue weighted by Crippen LogP contribution is -2.39. The number of ether oxygens (including phenoxy) is 2. The van der Waals surface area contributed by atoms with Crippen molar-refractivity contribution in [2.75, 3.05) is 24.7 Å². The summed E-state index contributed by atoms with van der Waals surface area (Å²) in [7, 11) is 0. The molecule has 7 nitrogen and oxygen atoms in total. The third-order valence-electron chi connectivity index (χ3n) is 4.32. The zero-order valence-corrected chi connectivity index (χ0v) is 16.2. The molecule has 0 fully saturated rings. The van der Waals surface area contributed by atoms with Crippen LogP contribution in [0.15, 0.2) is 59.0 Å². The van der Waals surface area contributed by atoms with Gasteiger partial charge in [0.15, 0.2) is 6.61 Å². The number of aryl methyl sites for hydroxylation is 1. The lowest BCUT2D eigenvalue weighted by molar-refractivity contribution is -0.142. The van der Waals surface area contributed by atoms with Crippen molar-refractivity contribution < 1.29 is 28.3 Å². The summed E-state index contributed by atoms with van der Waals surface area (Å²) in [6.07, 6.45) is 0. The number of carbonyl (C=O) groups is 3. The molecule has 0 atom stereocenters. The fourth-order valence-electron chi connectivity index (χ4n) is 2.91. The molecule has 1 heterocycles. The lowest BCUT2D eigenvalue weighted by atomic mass is 10.1. The van der Waals surface area contributed by atoms with E-state index in [-0.39, 0.29) is 18.9 Å². The number of esters is 2. The van der Waals surface area contributed by atoms with Gasteiger partial charge in [0.05, 0.1) is 6.61 Å². The van der Waals surface area contributed by atoms with E-state index in [2.05, 4.69) is 0 Å². The van der Waals surface area contributed by atoms with Crippen LogP contribution < -0.4 is 4.90 Å². The standard InChI is InChI=1S/C22H21NO6/c1-3-27-20(25)13-23(16-9-5-4-6-10-16)19(24)14-28-22(26)21-15(2)17-11-7-8-12-18(17)29-21/h4-12H,3,13-14H2,1-2H3. The van der Waals surface area contributed by atoms with Gasteiger partial charge in [-0.25, -0.2) is 4.79 Å². The van der Waals surface area contributed by atoms with Gasteiger partial charge in [-0.05, 0) is 32.0 Å². The number of benzene rings is 2. The van der Waals surface area contributed by atoms with Crippen LogP contribution in [-0.4, -0.2) is 37.6 Å². The van der Waals surface area contributed by atoms with Crippen LogP contribution >= 0.6 is 0 Å². The topological polar surface area (TPSA) is 86.0 Å². The van der Waals surface area contributed by atoms with Crippen molar-refractivity contribution in [2.45, 2.75) is 13.8 Å². The molecule has 1 amide bonds. The van der Waals surface area contributed by atoms with Gasteiger partial charge in [-0.2, -0.15) is 0 Å². The molecule has 3 aromatic rings. The van der Waals surface area contributed by atoms with Crippen molar-refractivity contribution in [3.05, 3.63) is 65.9 Å². The van der Waals surface area contributed by atoms with Crippen molar-refractivity contribution in [1.82, 2.24) is 0 Å². The number of para-hydroxylation sites is 2. The van der Waals surface area contributed by atoms with E-state index < -0.39 is 24.5 Å². The highest BCUT2D eigenvalue weighted by Crippen LogP contribution is 2.25. The minimum atomic E-state index is -0.740. The number of hydrogen-bond donors (Lipinski definition) is 0. The van der Waals surface area contributed by atoms with E-state index >= 15 is 0 Å². The van der Waals surface area contributed by atoms with Crippen LogP contribution in [0.1, 0.15) is 23.0 Å². The summed E-state index contributed by atoms with van der Waals surface area (Å²) in [5.74, 6) is -1.79. The maximum absolute atomic E-state index is 12.7. The summed E-state index contributed by atoms with van der Waals surface area (Å²) in [5, 5.41) is 0.805. The van der Waals surface area contributed by atoms with E-state index in [0.29, 0.717) is 16.8 Å². The summed E-state index contributed by atoms with van der Waals surface area (Å²) in [6, 6.07) is 15.9. The molecule has 0 bridgehead atoms. The predicted molar refractivity (Wildman–Crippen MR) is 107 cm³/mol. The fraction of sp³-hybridized carbons (Fsp3) is 0.227. The molecule has 0 saturated carbocycles. The number of nitrogens with zero attached hydrogens (tertiary/aromatic N) is 1. The molecule has 7 heteroatoms. The molecule has 0 aliphatic carbocycles. The number of hydrogen-bond acceptors (Lipinski definition) is 6. The van der Waals surface area contributed by atoms with Crippen LogP contribution in [0.25, 0.3) is 11.0 Å². The van der Waals surface area contributed by atoms with E-state index in [1.807, 2.05) is 12.1 Å². The van der Waals surface area contributed by atoms with E-state index in [0.717, 1.165) is 5.39 Å². The summed E-state index contributed by atoms with van der Waals surface area (Å²) in [4.78, 5) is 38.2. The van der Waals surface area contributed by atoms with Gasteiger partial charge < -0.3 is 13.9 Å². The Hall–Kier alpha value is -3.61. The monoisotopic (exact) mass is 395 g/mol. The van der Waals surface area contributed by atoms with E-state index in [1.54, 1.807) is 56.3 Å². The maximum Gasteiger partial charge on any atom is 0.375 e. The van der Waals surface area contributed by atoms with Crippen LogP contribution in [0.5, 0.6) is 0 Å². The highest BCUT2D eigenvalue weighted by Gasteiger charge is 2.24. The Bertz CT molecular complexity index is 1020. The smallest absolute Gasteiger partial charge is 0.375 e. The molecule has 150 valence electrons. The Labute approximate surface area is 167 Å². The molecule has 0 unspecified atom stereocenters. The minimum absolute atomic E-state index is 0.0515. The molecule has 0 radical (unpaired) electrons. The van der Waals surface area contributed by atoms with Gasteiger partial charge in [-0.3, -0.25) is 14.5 Å². The number of fused-ring (bicyclic) bond motifs is 1. The van der Waals surface area contributed by atoms with Crippen molar-refractivity contribution >= 4 is 34.5 Å². The maximum atomic E-state index is 12.7. The van der Waals surface area contributed by atoms with Crippen molar-refractivity contribution in [1.29, 1.82) is 0 Å². The summed E-state index contributed by atoms with van der Waals surface area (Å²) >= 11 is 0. The Morgan fingerprint density at radius 2 is 1.66 bits per heavy atom. The van der Waals surface area contributed by atoms with Gasteiger partial charge in [0, 0.05) is 16.6 Å². The third kappa shape index (κ3) is 4.63. The van der Waals surface area contributed by atoms with Crippen molar-refractivity contribution in [3.63, 3.8) is 0 Å². The quantitative estimate of drug-likeness (QED) is 0.569. The Morgan fingerprint density at radius 1 is 0.966 bits per heavy atom. The molecule has 0 N–H and O–H groups in total. The SMILES string of the molecule is CCOC(=O)CN(C(=O)COC(=O)c1oc2ccccc2c1C)c1ccccc1. The highest BCUT2D eigenvalue weighted by molar-refractivity contribution is 6.01. The number of amides is 1. The molecule has 0 aliphatic rings. The lowest BCUT2D eigenvalue weighted by Gasteiger charge is -2.21. The first kappa shape index (κ1) is 20.1. The summed E-state index contributed by atoms with van der Waals surface area (Å²) in [6.45, 7) is 2.82.